The number of nitrogens with zero attached hydrogens (tertiary/aromatic N) is 2. The van der Waals surface area contributed by atoms with Crippen LogP contribution in [0.15, 0.2) is 91.5 Å². The van der Waals surface area contributed by atoms with Gasteiger partial charge in [0.25, 0.3) is 0 Å². The Morgan fingerprint density at radius 2 is 1.39 bits per heavy atom. The van der Waals surface area contributed by atoms with Gasteiger partial charge in [-0.1, -0.05) is 30.3 Å². The van der Waals surface area contributed by atoms with Gasteiger partial charge < -0.3 is 4.74 Å². The number of unbranched alkanes of at least 4 members (excludes halogenated alkanes) is 1. The van der Waals surface area contributed by atoms with E-state index in [0.29, 0.717) is 0 Å². The first-order valence-electron chi connectivity index (χ1n) is 9.84. The molecule has 0 saturated heterocycles. The van der Waals surface area contributed by atoms with Crippen LogP contribution in [0.4, 0.5) is 0 Å². The lowest BCUT2D eigenvalue weighted by Gasteiger charge is -2.07. The molecule has 0 atom stereocenters. The standard InChI is InChI=1S/C25H26N2O/c1-26-15-10-22(11-16-26)23-12-17-27(18-13-23)14-4-5-19-28-25-9-8-21-6-2-3-7-24(21)20-25/h2-3,6-13,15-18,20H,4-5,14,19H2,1H3/q+2. The van der Waals surface area contributed by atoms with Crippen LogP contribution in [0.5, 0.6) is 5.75 Å². The van der Waals surface area contributed by atoms with Crippen LogP contribution in [0.1, 0.15) is 12.8 Å². The summed E-state index contributed by atoms with van der Waals surface area (Å²) in [6, 6.07) is 23.3. The third kappa shape index (κ3) is 4.55. The molecule has 0 N–H and O–H groups in total. The summed E-state index contributed by atoms with van der Waals surface area (Å²) in [5.41, 5.74) is 2.49. The molecule has 4 rings (SSSR count). The molecule has 0 spiro atoms. The van der Waals surface area contributed by atoms with Crippen molar-refractivity contribution in [3.8, 4) is 16.9 Å². The van der Waals surface area contributed by atoms with Gasteiger partial charge in [-0.3, -0.25) is 0 Å². The molecule has 0 bridgehead atoms. The SMILES string of the molecule is C[n+]1ccc(-c2cc[n+](CCCCOc3ccc4ccccc4c3)cc2)cc1. The average molecular weight is 370 g/mol. The number of benzene rings is 2. The Labute approximate surface area is 166 Å². The summed E-state index contributed by atoms with van der Waals surface area (Å²) in [6.45, 7) is 1.75. The van der Waals surface area contributed by atoms with Crippen LogP contribution in [0.25, 0.3) is 21.9 Å². The van der Waals surface area contributed by atoms with E-state index in [-0.39, 0.29) is 0 Å². The molecule has 4 aromatic rings. The van der Waals surface area contributed by atoms with Gasteiger partial charge >= 0.3 is 0 Å². The first-order chi connectivity index (χ1) is 13.8. The van der Waals surface area contributed by atoms with Gasteiger partial charge in [-0.25, -0.2) is 9.13 Å². The maximum atomic E-state index is 5.93. The highest BCUT2D eigenvalue weighted by Crippen LogP contribution is 2.20. The number of hydrogen-bond donors (Lipinski definition) is 0. The van der Waals surface area contributed by atoms with Crippen LogP contribution in [-0.2, 0) is 13.6 Å². The van der Waals surface area contributed by atoms with E-state index >= 15 is 0 Å². The molecule has 0 radical (unpaired) electrons. The summed E-state index contributed by atoms with van der Waals surface area (Å²) >= 11 is 0. The highest BCUT2D eigenvalue weighted by molar-refractivity contribution is 5.83. The number of ether oxygens (including phenoxy) is 1. The fourth-order valence-corrected chi connectivity index (χ4v) is 3.34. The maximum Gasteiger partial charge on any atom is 0.169 e. The van der Waals surface area contributed by atoms with Crippen molar-refractivity contribution in [3.05, 3.63) is 91.5 Å². The molecule has 3 nitrogen and oxygen atoms in total. The average Bonchev–Trinajstić information content (AvgIpc) is 2.74. The minimum Gasteiger partial charge on any atom is -0.494 e. The number of hydrogen-bond acceptors (Lipinski definition) is 1. The van der Waals surface area contributed by atoms with Gasteiger partial charge in [-0.15, -0.1) is 0 Å². The Hall–Kier alpha value is -3.20. The largest absolute Gasteiger partial charge is 0.494 e. The smallest absolute Gasteiger partial charge is 0.169 e. The van der Waals surface area contributed by atoms with Crippen molar-refractivity contribution in [1.29, 1.82) is 0 Å². The van der Waals surface area contributed by atoms with E-state index in [9.17, 15) is 0 Å². The number of aromatic nitrogens is 2. The monoisotopic (exact) mass is 370 g/mol. The van der Waals surface area contributed by atoms with Crippen LogP contribution in [0, 0.1) is 0 Å². The van der Waals surface area contributed by atoms with Crippen LogP contribution in [-0.4, -0.2) is 6.61 Å². The van der Waals surface area contributed by atoms with E-state index < -0.39 is 0 Å². The fraction of sp³-hybridized carbons (Fsp3) is 0.200. The Kier molecular flexibility index (Phi) is 5.62. The molecule has 2 aromatic carbocycles. The van der Waals surface area contributed by atoms with Crippen molar-refractivity contribution in [1.82, 2.24) is 0 Å². The topological polar surface area (TPSA) is 17.0 Å². The van der Waals surface area contributed by atoms with E-state index in [1.165, 1.54) is 21.9 Å². The molecular weight excluding hydrogens is 344 g/mol. The normalized spacial score (nSPS) is 10.9. The summed E-state index contributed by atoms with van der Waals surface area (Å²) in [6.07, 6.45) is 10.6. The molecule has 0 saturated carbocycles. The number of rotatable bonds is 7. The van der Waals surface area contributed by atoms with E-state index in [1.54, 1.807) is 0 Å². The molecule has 0 unspecified atom stereocenters. The zero-order chi connectivity index (χ0) is 19.2. The lowest BCUT2D eigenvalue weighted by Crippen LogP contribution is -2.32. The summed E-state index contributed by atoms with van der Waals surface area (Å²) in [5.74, 6) is 0.951. The molecule has 28 heavy (non-hydrogen) atoms. The Morgan fingerprint density at radius 3 is 2.14 bits per heavy atom. The van der Waals surface area contributed by atoms with Crippen molar-refractivity contribution in [3.63, 3.8) is 0 Å². The molecular formula is C25H26N2O+2. The van der Waals surface area contributed by atoms with Crippen molar-refractivity contribution < 1.29 is 13.9 Å². The zero-order valence-electron chi connectivity index (χ0n) is 16.3. The summed E-state index contributed by atoms with van der Waals surface area (Å²) in [5, 5.41) is 2.47. The second-order valence-electron chi connectivity index (χ2n) is 7.14. The predicted molar refractivity (Wildman–Crippen MR) is 112 cm³/mol. The van der Waals surface area contributed by atoms with Gasteiger partial charge in [0.2, 0.25) is 0 Å². The molecule has 2 heterocycles. The minimum absolute atomic E-state index is 0.748. The van der Waals surface area contributed by atoms with Gasteiger partial charge in [0.1, 0.15) is 19.3 Å². The third-order valence-corrected chi connectivity index (χ3v) is 5.00. The van der Waals surface area contributed by atoms with Gasteiger partial charge in [-0.05, 0) is 40.5 Å². The Morgan fingerprint density at radius 1 is 0.714 bits per heavy atom. The van der Waals surface area contributed by atoms with Crippen LogP contribution in [0.2, 0.25) is 0 Å². The zero-order valence-corrected chi connectivity index (χ0v) is 16.3. The predicted octanol–water partition coefficient (Wildman–Crippen LogP) is 4.48. The fourth-order valence-electron chi connectivity index (χ4n) is 3.34. The molecule has 0 fully saturated rings. The Balaban J connectivity index is 1.24. The van der Waals surface area contributed by atoms with E-state index in [4.69, 9.17) is 4.74 Å². The quantitative estimate of drug-likeness (QED) is 0.346. The van der Waals surface area contributed by atoms with Crippen molar-refractivity contribution in [2.45, 2.75) is 19.4 Å². The molecule has 0 aliphatic heterocycles. The molecule has 3 heteroatoms. The van der Waals surface area contributed by atoms with E-state index in [1.807, 2.05) is 11.6 Å². The lowest BCUT2D eigenvalue weighted by molar-refractivity contribution is -0.697. The summed E-state index contributed by atoms with van der Waals surface area (Å²) < 4.78 is 10.2. The van der Waals surface area contributed by atoms with Gasteiger partial charge in [-0.2, -0.15) is 0 Å². The number of fused-ring (bicyclic) bond motifs is 1. The molecule has 2 aromatic heterocycles. The lowest BCUT2D eigenvalue weighted by atomic mass is 10.1. The van der Waals surface area contributed by atoms with Crippen LogP contribution in [0.3, 0.4) is 0 Å². The summed E-state index contributed by atoms with van der Waals surface area (Å²) in [7, 11) is 2.03. The van der Waals surface area contributed by atoms with E-state index in [2.05, 4.69) is 96.1 Å². The van der Waals surface area contributed by atoms with Crippen LogP contribution < -0.4 is 13.9 Å². The molecule has 0 amide bonds. The number of aryl methyl sites for hydroxylation is 2. The maximum absolute atomic E-state index is 5.93. The van der Waals surface area contributed by atoms with E-state index in [0.717, 1.165) is 31.7 Å². The van der Waals surface area contributed by atoms with Gasteiger partial charge in [0, 0.05) is 30.7 Å². The molecule has 140 valence electrons. The number of pyridine rings is 2. The minimum atomic E-state index is 0.748. The highest BCUT2D eigenvalue weighted by Gasteiger charge is 2.05. The second kappa shape index (κ2) is 8.66. The van der Waals surface area contributed by atoms with Crippen molar-refractivity contribution in [2.24, 2.45) is 7.05 Å². The van der Waals surface area contributed by atoms with Crippen molar-refractivity contribution in [2.75, 3.05) is 6.61 Å². The first-order valence-corrected chi connectivity index (χ1v) is 9.84. The third-order valence-electron chi connectivity index (χ3n) is 5.00. The summed E-state index contributed by atoms with van der Waals surface area (Å²) in [4.78, 5) is 0. The van der Waals surface area contributed by atoms with Gasteiger partial charge in [0.05, 0.1) is 6.61 Å². The van der Waals surface area contributed by atoms with Crippen molar-refractivity contribution >= 4 is 10.8 Å². The molecule has 0 aliphatic carbocycles. The van der Waals surface area contributed by atoms with Gasteiger partial charge in [0.15, 0.2) is 24.8 Å². The highest BCUT2D eigenvalue weighted by atomic mass is 16.5. The van der Waals surface area contributed by atoms with Crippen LogP contribution >= 0.6 is 0 Å². The first kappa shape index (κ1) is 18.2. The molecule has 0 aliphatic rings. The Bertz CT molecular complexity index is 1040. The second-order valence-corrected chi connectivity index (χ2v) is 7.14.